The molecule has 110 valence electrons. The highest BCUT2D eigenvalue weighted by molar-refractivity contribution is 6.49. The van der Waals surface area contributed by atoms with Gasteiger partial charge in [0.25, 0.3) is 0 Å². The molecule has 8 heteroatoms. The quantitative estimate of drug-likeness (QED) is 0.617. The molecule has 0 amide bonds. The summed E-state index contributed by atoms with van der Waals surface area (Å²) in [4.78, 5) is 15.8. The highest BCUT2D eigenvalue weighted by Crippen LogP contribution is 2.38. The van der Waals surface area contributed by atoms with Crippen LogP contribution in [0.25, 0.3) is 11.3 Å². The number of benzene rings is 1. The van der Waals surface area contributed by atoms with Gasteiger partial charge in [0.1, 0.15) is 0 Å². The number of anilines is 1. The molecule has 0 aliphatic rings. The summed E-state index contributed by atoms with van der Waals surface area (Å²) in [7, 11) is 1.22. The lowest BCUT2D eigenvalue weighted by Gasteiger charge is -2.11. The molecule has 21 heavy (non-hydrogen) atoms. The number of hydrogen-bond donors (Lipinski definition) is 1. The summed E-state index contributed by atoms with van der Waals surface area (Å²) in [5.74, 6) is -0.704. The monoisotopic (exact) mass is 364 g/mol. The third kappa shape index (κ3) is 3.04. The van der Waals surface area contributed by atoms with Gasteiger partial charge in [0.15, 0.2) is 5.69 Å². The number of aromatic nitrogens is 1. The summed E-state index contributed by atoms with van der Waals surface area (Å²) in [5.41, 5.74) is 6.66. The van der Waals surface area contributed by atoms with Gasteiger partial charge in [-0.15, -0.1) is 0 Å². The number of nitrogen functional groups attached to an aromatic ring is 1. The van der Waals surface area contributed by atoms with Gasteiger partial charge in [-0.3, -0.25) is 0 Å². The van der Waals surface area contributed by atoms with Gasteiger partial charge >= 0.3 is 5.97 Å². The van der Waals surface area contributed by atoms with E-state index in [2.05, 4.69) is 9.72 Å². The molecule has 4 nitrogen and oxygen atoms in total. The van der Waals surface area contributed by atoms with Crippen molar-refractivity contribution in [3.8, 4) is 11.3 Å². The molecule has 1 heterocycles. The number of esters is 1. The molecule has 1 aromatic heterocycles. The van der Waals surface area contributed by atoms with Gasteiger partial charge in [-0.2, -0.15) is 0 Å². The number of methoxy groups -OCH3 is 1. The zero-order chi connectivity index (χ0) is 15.7. The summed E-state index contributed by atoms with van der Waals surface area (Å²) in [6.45, 7) is 0. The Labute approximate surface area is 140 Å². The van der Waals surface area contributed by atoms with Crippen molar-refractivity contribution in [3.05, 3.63) is 44.0 Å². The summed E-state index contributed by atoms with van der Waals surface area (Å²) in [5, 5.41) is 0.710. The van der Waals surface area contributed by atoms with Crippen molar-refractivity contribution in [1.29, 1.82) is 0 Å². The second-order valence-electron chi connectivity index (χ2n) is 3.97. The third-order valence-corrected chi connectivity index (χ3v) is 4.37. The minimum absolute atomic E-state index is 0.0155. The molecule has 0 aliphatic carbocycles. The molecule has 0 unspecified atom stereocenters. The number of halogens is 4. The van der Waals surface area contributed by atoms with Crippen LogP contribution >= 0.6 is 46.4 Å². The third-order valence-electron chi connectivity index (χ3n) is 2.68. The van der Waals surface area contributed by atoms with E-state index in [1.54, 1.807) is 12.1 Å². The topological polar surface area (TPSA) is 65.2 Å². The van der Waals surface area contributed by atoms with E-state index in [-0.39, 0.29) is 26.4 Å². The molecule has 0 atom stereocenters. The van der Waals surface area contributed by atoms with Crippen LogP contribution in [0.2, 0.25) is 20.1 Å². The lowest BCUT2D eigenvalue weighted by molar-refractivity contribution is 0.0594. The fourth-order valence-electron chi connectivity index (χ4n) is 1.64. The van der Waals surface area contributed by atoms with Gasteiger partial charge in [-0.05, 0) is 18.2 Å². The number of hydrogen-bond acceptors (Lipinski definition) is 4. The number of ether oxygens (including phenoxy) is 1. The van der Waals surface area contributed by atoms with E-state index in [9.17, 15) is 4.79 Å². The average Bonchev–Trinajstić information content (AvgIpc) is 2.47. The zero-order valence-corrected chi connectivity index (χ0v) is 13.6. The van der Waals surface area contributed by atoms with Crippen molar-refractivity contribution >= 4 is 58.1 Å². The van der Waals surface area contributed by atoms with Crippen molar-refractivity contribution in [3.63, 3.8) is 0 Å². The number of nitrogens with two attached hydrogens (primary N) is 1. The predicted octanol–water partition coefficient (Wildman–Crippen LogP) is 4.73. The fourth-order valence-corrected chi connectivity index (χ4v) is 2.45. The number of rotatable bonds is 2. The number of nitrogens with zero attached hydrogens (tertiary/aromatic N) is 1. The second-order valence-corrected chi connectivity index (χ2v) is 5.51. The molecule has 0 spiro atoms. The first kappa shape index (κ1) is 16.2. The zero-order valence-electron chi connectivity index (χ0n) is 10.6. The van der Waals surface area contributed by atoms with E-state index in [0.29, 0.717) is 16.3 Å². The summed E-state index contributed by atoms with van der Waals surface area (Å²) < 4.78 is 4.61. The van der Waals surface area contributed by atoms with Crippen LogP contribution in [-0.2, 0) is 4.74 Å². The van der Waals surface area contributed by atoms with Gasteiger partial charge in [-0.25, -0.2) is 9.78 Å². The Morgan fingerprint density at radius 2 is 1.81 bits per heavy atom. The lowest BCUT2D eigenvalue weighted by Crippen LogP contribution is -2.08. The van der Waals surface area contributed by atoms with Gasteiger partial charge in [0.05, 0.1) is 38.6 Å². The van der Waals surface area contributed by atoms with E-state index < -0.39 is 5.97 Å². The van der Waals surface area contributed by atoms with Crippen molar-refractivity contribution in [2.45, 2.75) is 0 Å². The second kappa shape index (κ2) is 6.28. The van der Waals surface area contributed by atoms with Crippen LogP contribution in [0.15, 0.2) is 18.2 Å². The lowest BCUT2D eigenvalue weighted by atomic mass is 10.1. The van der Waals surface area contributed by atoms with Crippen LogP contribution < -0.4 is 5.73 Å². The molecule has 0 saturated carbocycles. The molecule has 0 radical (unpaired) electrons. The number of carbonyl (C=O) groups is 1. The summed E-state index contributed by atoms with van der Waals surface area (Å²) >= 11 is 24.0. The van der Waals surface area contributed by atoms with E-state index in [0.717, 1.165) is 0 Å². The fraction of sp³-hybridized carbons (Fsp3) is 0.0769. The summed E-state index contributed by atoms with van der Waals surface area (Å²) in [6, 6.07) is 4.67. The first-order chi connectivity index (χ1) is 9.86. The maximum atomic E-state index is 11.7. The number of pyridine rings is 1. The Morgan fingerprint density at radius 3 is 2.43 bits per heavy atom. The van der Waals surface area contributed by atoms with Gasteiger partial charge < -0.3 is 10.5 Å². The van der Waals surface area contributed by atoms with Crippen molar-refractivity contribution in [1.82, 2.24) is 4.98 Å². The molecule has 0 fully saturated rings. The SMILES string of the molecule is COC(=O)c1nc(-c2ccc(Cl)c(Cl)c2Cl)cc(N)c1Cl. The first-order valence-electron chi connectivity index (χ1n) is 5.55. The smallest absolute Gasteiger partial charge is 0.358 e. The Balaban J connectivity index is 2.68. The summed E-state index contributed by atoms with van der Waals surface area (Å²) in [6.07, 6.45) is 0. The van der Waals surface area contributed by atoms with E-state index >= 15 is 0 Å². The van der Waals surface area contributed by atoms with Crippen LogP contribution in [0.4, 0.5) is 5.69 Å². The van der Waals surface area contributed by atoms with Crippen LogP contribution in [-0.4, -0.2) is 18.1 Å². The van der Waals surface area contributed by atoms with E-state index in [4.69, 9.17) is 52.1 Å². The predicted molar refractivity (Wildman–Crippen MR) is 85.5 cm³/mol. The minimum atomic E-state index is -0.704. The van der Waals surface area contributed by atoms with Gasteiger partial charge in [0.2, 0.25) is 0 Å². The number of carbonyl (C=O) groups excluding carboxylic acids is 1. The molecular formula is C13H8Cl4N2O2. The highest BCUT2D eigenvalue weighted by Gasteiger charge is 2.19. The molecule has 0 bridgehead atoms. The Bertz CT molecular complexity index is 735. The molecule has 1 aromatic carbocycles. The largest absolute Gasteiger partial charge is 0.464 e. The standard InChI is InChI=1S/C13H8Cl4N2O2/c1-21-13(20)12-11(17)7(18)4-8(19-12)5-2-3-6(14)10(16)9(5)15/h2-4H,1H3,(H2,18,19). The van der Waals surface area contributed by atoms with Crippen molar-refractivity contribution in [2.75, 3.05) is 12.8 Å². The van der Waals surface area contributed by atoms with Crippen LogP contribution in [0.5, 0.6) is 0 Å². The molecule has 0 aliphatic heterocycles. The Hall–Kier alpha value is -1.20. The average molecular weight is 366 g/mol. The maximum Gasteiger partial charge on any atom is 0.358 e. The molecular weight excluding hydrogens is 358 g/mol. The van der Waals surface area contributed by atoms with E-state index in [1.165, 1.54) is 13.2 Å². The first-order valence-corrected chi connectivity index (χ1v) is 7.06. The molecule has 2 aromatic rings. The van der Waals surface area contributed by atoms with Crippen LogP contribution in [0, 0.1) is 0 Å². The minimum Gasteiger partial charge on any atom is -0.464 e. The molecule has 2 rings (SSSR count). The highest BCUT2D eigenvalue weighted by atomic mass is 35.5. The maximum absolute atomic E-state index is 11.7. The van der Waals surface area contributed by atoms with Crippen molar-refractivity contribution in [2.24, 2.45) is 0 Å². The van der Waals surface area contributed by atoms with Crippen molar-refractivity contribution < 1.29 is 9.53 Å². The Morgan fingerprint density at radius 1 is 1.14 bits per heavy atom. The molecule has 2 N–H and O–H groups in total. The van der Waals surface area contributed by atoms with Crippen LogP contribution in [0.3, 0.4) is 0 Å². The molecule has 0 saturated heterocycles. The Kier molecular flexibility index (Phi) is 4.84. The van der Waals surface area contributed by atoms with Gasteiger partial charge in [-0.1, -0.05) is 46.4 Å². The van der Waals surface area contributed by atoms with E-state index in [1.807, 2.05) is 0 Å². The van der Waals surface area contributed by atoms with Gasteiger partial charge in [0, 0.05) is 5.56 Å². The van der Waals surface area contributed by atoms with Crippen LogP contribution in [0.1, 0.15) is 10.5 Å². The normalized spacial score (nSPS) is 10.5.